The fraction of sp³-hybridized carbons (Fsp3) is 0.812. The fourth-order valence-electron chi connectivity index (χ4n) is 4.74. The molecule has 0 aliphatic carbocycles. The van der Waals surface area contributed by atoms with Crippen LogP contribution >= 0.6 is 0 Å². The number of amides is 5. The van der Waals surface area contributed by atoms with Crippen LogP contribution in [-0.4, -0.2) is 83.9 Å². The highest BCUT2D eigenvalue weighted by atomic mass is 16.4. The Morgan fingerprint density at radius 2 is 1.36 bits per heavy atom. The minimum Gasteiger partial charge on any atom is -0.481 e. The smallest absolute Gasteiger partial charge is 0.303 e. The lowest BCUT2D eigenvalue weighted by molar-refractivity contribution is -0.137. The maximum Gasteiger partial charge on any atom is 0.303 e. The average molecular weight is 641 g/mol. The molecule has 260 valence electrons. The van der Waals surface area contributed by atoms with E-state index in [2.05, 4.69) is 31.9 Å². The molecule has 0 rings (SSSR count). The summed E-state index contributed by atoms with van der Waals surface area (Å²) in [5.74, 6) is -2.89. The summed E-state index contributed by atoms with van der Waals surface area (Å²) in [6.45, 7) is 17.7. The number of carboxylic acid groups (broad SMARTS) is 1. The van der Waals surface area contributed by atoms with Crippen LogP contribution in [0.5, 0.6) is 0 Å². The van der Waals surface area contributed by atoms with Crippen molar-refractivity contribution in [1.82, 2.24) is 31.9 Å². The number of carbonyl (C=O) groups is 6. The van der Waals surface area contributed by atoms with E-state index in [1.807, 2.05) is 55.4 Å². The molecule has 0 radical (unpaired) electrons. The Morgan fingerprint density at radius 1 is 0.711 bits per heavy atom. The minimum atomic E-state index is -0.993. The monoisotopic (exact) mass is 640 g/mol. The molecule has 0 aromatic carbocycles. The standard InChI is InChI=1S/C32H60N6O7/c1-10-14-24(36-32(45)28(21(8)11-2)37-25(39)15-13-16-26(40)41)30(43)35-23(17-19(4)5)18-34-22(9)29(42)38-27(20(6)7)31(44)33-12-3/h19-24,27-28,34H,10-18H2,1-9H3,(H,33,44)(H,35,43)(H,36,45)(H,37,39)(H,38,42)(H,40,41)/t21-,22?,23-,24-,27-,28-/m0/s1. The minimum absolute atomic E-state index is 0.0181. The molecule has 0 fully saturated rings. The molecule has 45 heavy (non-hydrogen) atoms. The van der Waals surface area contributed by atoms with Gasteiger partial charge in [-0.25, -0.2) is 0 Å². The van der Waals surface area contributed by atoms with Gasteiger partial charge in [-0.3, -0.25) is 28.8 Å². The second kappa shape index (κ2) is 22.3. The van der Waals surface area contributed by atoms with Crippen molar-refractivity contribution >= 4 is 35.5 Å². The third-order valence-electron chi connectivity index (χ3n) is 7.58. The summed E-state index contributed by atoms with van der Waals surface area (Å²) in [4.78, 5) is 75.4. The van der Waals surface area contributed by atoms with E-state index >= 15 is 0 Å². The van der Waals surface area contributed by atoms with Crippen LogP contribution in [0, 0.1) is 17.8 Å². The van der Waals surface area contributed by atoms with Crippen molar-refractivity contribution in [2.75, 3.05) is 13.1 Å². The van der Waals surface area contributed by atoms with Crippen molar-refractivity contribution < 1.29 is 33.9 Å². The Bertz CT molecular complexity index is 958. The fourth-order valence-corrected chi connectivity index (χ4v) is 4.74. The Hall–Kier alpha value is -3.22. The zero-order valence-electron chi connectivity index (χ0n) is 28.9. The van der Waals surface area contributed by atoms with Crippen LogP contribution in [-0.2, 0) is 28.8 Å². The van der Waals surface area contributed by atoms with Crippen LogP contribution in [0.1, 0.15) is 107 Å². The Labute approximate surface area is 269 Å². The SMILES string of the molecule is CCC[C@H](NC(=O)[C@@H](NC(=O)CCCC(=O)O)[C@@H](C)CC)C(=O)N[C@H](CNC(C)C(=O)N[C@H](C(=O)NCC)C(C)C)CC(C)C. The second-order valence-corrected chi connectivity index (χ2v) is 12.6. The number of aliphatic carboxylic acids is 1. The highest BCUT2D eigenvalue weighted by Crippen LogP contribution is 2.11. The summed E-state index contributed by atoms with van der Waals surface area (Å²) >= 11 is 0. The van der Waals surface area contributed by atoms with E-state index < -0.39 is 42.0 Å². The van der Waals surface area contributed by atoms with E-state index in [1.165, 1.54) is 0 Å². The van der Waals surface area contributed by atoms with E-state index in [1.54, 1.807) is 6.92 Å². The van der Waals surface area contributed by atoms with Gasteiger partial charge in [0.1, 0.15) is 18.1 Å². The van der Waals surface area contributed by atoms with Crippen molar-refractivity contribution in [3.05, 3.63) is 0 Å². The van der Waals surface area contributed by atoms with Gasteiger partial charge >= 0.3 is 5.97 Å². The van der Waals surface area contributed by atoms with Gasteiger partial charge in [-0.15, -0.1) is 0 Å². The maximum atomic E-state index is 13.5. The van der Waals surface area contributed by atoms with Gasteiger partial charge in [0.05, 0.1) is 6.04 Å². The molecule has 0 aromatic heterocycles. The molecule has 0 aliphatic heterocycles. The summed E-state index contributed by atoms with van der Waals surface area (Å²) in [6, 6.07) is -3.35. The molecule has 0 spiro atoms. The molecule has 7 N–H and O–H groups in total. The lowest BCUT2D eigenvalue weighted by Gasteiger charge is -2.29. The third kappa shape index (κ3) is 17.2. The van der Waals surface area contributed by atoms with Gasteiger partial charge in [0.2, 0.25) is 29.5 Å². The number of carbonyl (C=O) groups excluding carboxylic acids is 5. The molecule has 0 aromatic rings. The first-order chi connectivity index (χ1) is 21.1. The van der Waals surface area contributed by atoms with Gasteiger partial charge in [-0.05, 0) is 50.9 Å². The molecule has 0 bridgehead atoms. The first-order valence-electron chi connectivity index (χ1n) is 16.5. The van der Waals surface area contributed by atoms with Crippen LogP contribution in [0.4, 0.5) is 0 Å². The first-order valence-corrected chi connectivity index (χ1v) is 16.5. The normalized spacial score (nSPS) is 15.3. The molecular formula is C32H60N6O7. The second-order valence-electron chi connectivity index (χ2n) is 12.6. The highest BCUT2D eigenvalue weighted by Gasteiger charge is 2.31. The Kier molecular flexibility index (Phi) is 20.7. The van der Waals surface area contributed by atoms with Crippen molar-refractivity contribution in [3.63, 3.8) is 0 Å². The largest absolute Gasteiger partial charge is 0.481 e. The zero-order valence-corrected chi connectivity index (χ0v) is 28.9. The molecule has 0 aliphatic rings. The zero-order chi connectivity index (χ0) is 34.7. The Balaban J connectivity index is 5.51. The van der Waals surface area contributed by atoms with Crippen molar-refractivity contribution in [2.24, 2.45) is 17.8 Å². The van der Waals surface area contributed by atoms with E-state index in [0.717, 1.165) is 0 Å². The van der Waals surface area contributed by atoms with Gasteiger partial charge in [0, 0.05) is 32.0 Å². The topological polar surface area (TPSA) is 195 Å². The summed E-state index contributed by atoms with van der Waals surface area (Å²) < 4.78 is 0. The highest BCUT2D eigenvalue weighted by molar-refractivity contribution is 5.92. The van der Waals surface area contributed by atoms with E-state index in [-0.39, 0.29) is 60.8 Å². The van der Waals surface area contributed by atoms with Crippen LogP contribution in [0.2, 0.25) is 0 Å². The number of carboxylic acids is 1. The summed E-state index contributed by atoms with van der Waals surface area (Å²) in [5.41, 5.74) is 0. The van der Waals surface area contributed by atoms with Gasteiger partial charge in [-0.2, -0.15) is 0 Å². The molecule has 0 saturated heterocycles. The van der Waals surface area contributed by atoms with Gasteiger partial charge < -0.3 is 37.0 Å². The molecule has 1 unspecified atom stereocenters. The number of nitrogens with one attached hydrogen (secondary N) is 6. The molecule has 0 heterocycles. The summed E-state index contributed by atoms with van der Waals surface area (Å²) in [5, 5.41) is 26.2. The molecule has 6 atom stereocenters. The van der Waals surface area contributed by atoms with Gasteiger partial charge in [0.25, 0.3) is 0 Å². The predicted molar refractivity (Wildman–Crippen MR) is 174 cm³/mol. The van der Waals surface area contributed by atoms with E-state index in [4.69, 9.17) is 5.11 Å². The van der Waals surface area contributed by atoms with Crippen molar-refractivity contribution in [2.45, 2.75) is 137 Å². The summed E-state index contributed by atoms with van der Waals surface area (Å²) in [7, 11) is 0. The van der Waals surface area contributed by atoms with E-state index in [9.17, 15) is 28.8 Å². The van der Waals surface area contributed by atoms with E-state index in [0.29, 0.717) is 38.8 Å². The number of hydrogen-bond donors (Lipinski definition) is 7. The average Bonchev–Trinajstić information content (AvgIpc) is 2.95. The van der Waals surface area contributed by atoms with Crippen molar-refractivity contribution in [3.8, 4) is 0 Å². The van der Waals surface area contributed by atoms with Gasteiger partial charge in [0.15, 0.2) is 0 Å². The number of hydrogen-bond acceptors (Lipinski definition) is 7. The molecule has 5 amide bonds. The van der Waals surface area contributed by atoms with Crippen LogP contribution in [0.3, 0.4) is 0 Å². The first kappa shape index (κ1) is 41.8. The molecule has 13 nitrogen and oxygen atoms in total. The predicted octanol–water partition coefficient (Wildman–Crippen LogP) is 1.84. The van der Waals surface area contributed by atoms with Gasteiger partial charge in [-0.1, -0.05) is 61.3 Å². The lowest BCUT2D eigenvalue weighted by atomic mass is 9.97. The van der Waals surface area contributed by atoms with Crippen LogP contribution in [0.25, 0.3) is 0 Å². The number of rotatable bonds is 23. The summed E-state index contributed by atoms with van der Waals surface area (Å²) in [6.07, 6.45) is 2.24. The van der Waals surface area contributed by atoms with Crippen LogP contribution in [0.15, 0.2) is 0 Å². The number of likely N-dealkylation sites (N-methyl/N-ethyl adjacent to an activating group) is 1. The quantitative estimate of drug-likeness (QED) is 0.0879. The molecule has 13 heteroatoms. The van der Waals surface area contributed by atoms with Crippen LogP contribution < -0.4 is 31.9 Å². The third-order valence-corrected chi connectivity index (χ3v) is 7.58. The van der Waals surface area contributed by atoms with Crippen molar-refractivity contribution in [1.29, 1.82) is 0 Å². The Morgan fingerprint density at radius 3 is 1.87 bits per heavy atom. The lowest BCUT2D eigenvalue weighted by Crippen LogP contribution is -2.58. The molecule has 0 saturated carbocycles. The maximum absolute atomic E-state index is 13.5. The molecular weight excluding hydrogens is 580 g/mol.